The monoisotopic (exact) mass is 308 g/mol. The number of aromatic nitrogens is 1. The summed E-state index contributed by atoms with van der Waals surface area (Å²) in [5, 5.41) is 5.07. The molecule has 0 amide bonds. The first-order valence-corrected chi connectivity index (χ1v) is 7.29. The first-order valence-electron chi connectivity index (χ1n) is 5.72. The van der Waals surface area contributed by atoms with E-state index >= 15 is 0 Å². The first kappa shape index (κ1) is 12.7. The van der Waals surface area contributed by atoms with E-state index in [1.54, 1.807) is 17.4 Å². The summed E-state index contributed by atoms with van der Waals surface area (Å²) < 4.78 is 1.15. The maximum absolute atomic E-state index is 6.15. The first-order chi connectivity index (χ1) is 9.13. The largest absolute Gasteiger partial charge is 0.330 e. The average Bonchev–Trinajstić information content (AvgIpc) is 2.76. The third-order valence-electron chi connectivity index (χ3n) is 2.74. The van der Waals surface area contributed by atoms with Crippen LogP contribution >= 0.6 is 34.5 Å². The van der Waals surface area contributed by atoms with Gasteiger partial charge in [0.1, 0.15) is 0 Å². The molecule has 1 aromatic heterocycles. The van der Waals surface area contributed by atoms with Crippen molar-refractivity contribution in [1.29, 1.82) is 0 Å². The predicted molar refractivity (Wildman–Crippen MR) is 84.1 cm³/mol. The molecule has 1 heterocycles. The van der Waals surface area contributed by atoms with E-state index in [0.29, 0.717) is 10.0 Å². The van der Waals surface area contributed by atoms with Crippen molar-refractivity contribution in [2.75, 3.05) is 5.32 Å². The van der Waals surface area contributed by atoms with E-state index in [9.17, 15) is 0 Å². The minimum atomic E-state index is 0.514. The van der Waals surface area contributed by atoms with Crippen molar-refractivity contribution in [2.24, 2.45) is 0 Å². The fourth-order valence-corrected chi connectivity index (χ4v) is 3.12. The van der Waals surface area contributed by atoms with Crippen LogP contribution in [-0.2, 0) is 0 Å². The Kier molecular flexibility index (Phi) is 3.35. The van der Waals surface area contributed by atoms with Gasteiger partial charge >= 0.3 is 0 Å². The van der Waals surface area contributed by atoms with Crippen LogP contribution in [0.15, 0.2) is 36.4 Å². The highest BCUT2D eigenvalue weighted by Crippen LogP contribution is 2.34. The Labute approximate surface area is 125 Å². The van der Waals surface area contributed by atoms with Crippen LogP contribution in [0, 0.1) is 6.92 Å². The molecule has 0 saturated carbocycles. The fourth-order valence-electron chi connectivity index (χ4n) is 1.80. The highest BCUT2D eigenvalue weighted by molar-refractivity contribution is 7.22. The number of rotatable bonds is 2. The van der Waals surface area contributed by atoms with E-state index < -0.39 is 0 Å². The minimum Gasteiger partial charge on any atom is -0.330 e. The molecule has 0 aliphatic carbocycles. The van der Waals surface area contributed by atoms with Crippen LogP contribution in [0.4, 0.5) is 10.8 Å². The van der Waals surface area contributed by atoms with Gasteiger partial charge in [-0.15, -0.1) is 0 Å². The van der Waals surface area contributed by atoms with Crippen molar-refractivity contribution in [3.63, 3.8) is 0 Å². The van der Waals surface area contributed by atoms with E-state index in [1.807, 2.05) is 18.2 Å². The van der Waals surface area contributed by atoms with Crippen LogP contribution in [0.1, 0.15) is 5.56 Å². The van der Waals surface area contributed by atoms with E-state index in [0.717, 1.165) is 21.0 Å². The van der Waals surface area contributed by atoms with Crippen molar-refractivity contribution in [3.05, 3.63) is 52.0 Å². The van der Waals surface area contributed by atoms with Crippen LogP contribution in [0.2, 0.25) is 10.0 Å². The van der Waals surface area contributed by atoms with Crippen molar-refractivity contribution in [3.8, 4) is 0 Å². The molecule has 0 spiro atoms. The van der Waals surface area contributed by atoms with Crippen molar-refractivity contribution < 1.29 is 0 Å². The van der Waals surface area contributed by atoms with E-state index in [-0.39, 0.29) is 0 Å². The highest BCUT2D eigenvalue weighted by atomic mass is 35.5. The van der Waals surface area contributed by atoms with Gasteiger partial charge in [-0.2, -0.15) is 0 Å². The van der Waals surface area contributed by atoms with Gasteiger partial charge in [-0.25, -0.2) is 4.98 Å². The second kappa shape index (κ2) is 5.00. The lowest BCUT2D eigenvalue weighted by atomic mass is 10.2. The zero-order valence-corrected chi connectivity index (χ0v) is 12.4. The Morgan fingerprint density at radius 1 is 1.16 bits per heavy atom. The SMILES string of the molecule is Cc1ccc2nc(Nc3cccc(Cl)c3Cl)sc2c1. The van der Waals surface area contributed by atoms with E-state index in [1.165, 1.54) is 5.56 Å². The highest BCUT2D eigenvalue weighted by Gasteiger charge is 2.08. The van der Waals surface area contributed by atoms with Crippen molar-refractivity contribution >= 4 is 55.6 Å². The quantitative estimate of drug-likeness (QED) is 0.661. The van der Waals surface area contributed by atoms with Gasteiger partial charge in [0, 0.05) is 0 Å². The van der Waals surface area contributed by atoms with Gasteiger partial charge in [-0.05, 0) is 36.8 Å². The fraction of sp³-hybridized carbons (Fsp3) is 0.0714. The molecule has 0 bridgehead atoms. The van der Waals surface area contributed by atoms with E-state index in [4.69, 9.17) is 23.2 Å². The molecule has 0 aliphatic heterocycles. The van der Waals surface area contributed by atoms with Crippen molar-refractivity contribution in [1.82, 2.24) is 4.98 Å². The van der Waals surface area contributed by atoms with Gasteiger partial charge in [0.15, 0.2) is 5.13 Å². The Bertz CT molecular complexity index is 752. The predicted octanol–water partition coefficient (Wildman–Crippen LogP) is 5.66. The standard InChI is InChI=1S/C14H10Cl2N2S/c1-8-5-6-10-12(7-8)19-14(17-10)18-11-4-2-3-9(15)13(11)16/h2-7H,1H3,(H,17,18). The lowest BCUT2D eigenvalue weighted by molar-refractivity contribution is 1.43. The number of thiazole rings is 1. The second-order valence-corrected chi connectivity index (χ2v) is 6.03. The molecular formula is C14H10Cl2N2S. The number of nitrogens with one attached hydrogen (secondary N) is 1. The molecule has 2 nitrogen and oxygen atoms in total. The molecule has 0 radical (unpaired) electrons. The van der Waals surface area contributed by atoms with Gasteiger partial charge in [0.25, 0.3) is 0 Å². The molecule has 0 atom stereocenters. The van der Waals surface area contributed by atoms with Crippen molar-refractivity contribution in [2.45, 2.75) is 6.92 Å². The van der Waals surface area contributed by atoms with Crippen LogP contribution in [-0.4, -0.2) is 4.98 Å². The number of fused-ring (bicyclic) bond motifs is 1. The van der Waals surface area contributed by atoms with Crippen LogP contribution in [0.5, 0.6) is 0 Å². The maximum atomic E-state index is 6.15. The summed E-state index contributed by atoms with van der Waals surface area (Å²) in [5.41, 5.74) is 2.98. The number of hydrogen-bond acceptors (Lipinski definition) is 3. The Morgan fingerprint density at radius 3 is 2.84 bits per heavy atom. The summed E-state index contributed by atoms with van der Waals surface area (Å²) in [6, 6.07) is 11.7. The number of hydrogen-bond donors (Lipinski definition) is 1. The number of aryl methyl sites for hydroxylation is 1. The third kappa shape index (κ3) is 2.54. The molecule has 0 aliphatic rings. The molecule has 0 fully saturated rings. The Balaban J connectivity index is 1.99. The zero-order chi connectivity index (χ0) is 13.4. The van der Waals surface area contributed by atoms with Gasteiger partial charge in [0.05, 0.1) is 25.9 Å². The Morgan fingerprint density at radius 2 is 2.00 bits per heavy atom. The molecule has 96 valence electrons. The lowest BCUT2D eigenvalue weighted by Crippen LogP contribution is -1.90. The molecule has 2 aromatic carbocycles. The lowest BCUT2D eigenvalue weighted by Gasteiger charge is -2.05. The number of anilines is 2. The molecule has 1 N–H and O–H groups in total. The molecule has 19 heavy (non-hydrogen) atoms. The number of halogens is 2. The molecule has 0 unspecified atom stereocenters. The zero-order valence-electron chi connectivity index (χ0n) is 10.1. The summed E-state index contributed by atoms with van der Waals surface area (Å²) in [4.78, 5) is 4.53. The smallest absolute Gasteiger partial charge is 0.188 e. The van der Waals surface area contributed by atoms with Gasteiger partial charge in [-0.3, -0.25) is 0 Å². The summed E-state index contributed by atoms with van der Waals surface area (Å²) in [5.74, 6) is 0. The van der Waals surface area contributed by atoms with Crippen LogP contribution in [0.25, 0.3) is 10.2 Å². The maximum Gasteiger partial charge on any atom is 0.188 e. The summed E-state index contributed by atoms with van der Waals surface area (Å²) in [6.45, 7) is 2.07. The molecule has 3 aromatic rings. The number of nitrogens with zero attached hydrogens (tertiary/aromatic N) is 1. The average molecular weight is 309 g/mol. The topological polar surface area (TPSA) is 24.9 Å². The van der Waals surface area contributed by atoms with Gasteiger partial charge < -0.3 is 5.32 Å². The minimum absolute atomic E-state index is 0.514. The molecule has 5 heteroatoms. The van der Waals surface area contributed by atoms with Crippen LogP contribution in [0.3, 0.4) is 0 Å². The Hall–Kier alpha value is -1.29. The van der Waals surface area contributed by atoms with Crippen LogP contribution < -0.4 is 5.32 Å². The molecule has 3 rings (SSSR count). The normalized spacial score (nSPS) is 10.9. The number of benzene rings is 2. The second-order valence-electron chi connectivity index (χ2n) is 4.22. The third-order valence-corrected chi connectivity index (χ3v) is 4.49. The van der Waals surface area contributed by atoms with Gasteiger partial charge in [0.2, 0.25) is 0 Å². The molecular weight excluding hydrogens is 299 g/mol. The van der Waals surface area contributed by atoms with Gasteiger partial charge in [-0.1, -0.05) is 46.7 Å². The summed E-state index contributed by atoms with van der Waals surface area (Å²) >= 11 is 13.7. The van der Waals surface area contributed by atoms with E-state index in [2.05, 4.69) is 29.4 Å². The summed E-state index contributed by atoms with van der Waals surface area (Å²) in [6.07, 6.45) is 0. The summed E-state index contributed by atoms with van der Waals surface area (Å²) in [7, 11) is 0. The molecule has 0 saturated heterocycles.